The first-order valence-electron chi connectivity index (χ1n) is 6.88. The fourth-order valence-electron chi connectivity index (χ4n) is 2.35. The quantitative estimate of drug-likeness (QED) is 0.841. The first-order valence-corrected chi connectivity index (χ1v) is 6.88. The Bertz CT molecular complexity index is 361. The summed E-state index contributed by atoms with van der Waals surface area (Å²) in [7, 11) is 0. The van der Waals surface area contributed by atoms with Gasteiger partial charge in [-0.2, -0.15) is 0 Å². The topological polar surface area (TPSA) is 30.5 Å². The van der Waals surface area contributed by atoms with Crippen molar-refractivity contribution in [1.82, 2.24) is 5.32 Å². The Balaban J connectivity index is 1.92. The van der Waals surface area contributed by atoms with Crippen molar-refractivity contribution >= 4 is 0 Å². The molecule has 1 aromatic rings. The van der Waals surface area contributed by atoms with Gasteiger partial charge >= 0.3 is 0 Å². The minimum Gasteiger partial charge on any atom is -0.494 e. The van der Waals surface area contributed by atoms with Gasteiger partial charge in [0.15, 0.2) is 0 Å². The Labute approximate surface area is 109 Å². The van der Waals surface area contributed by atoms with Crippen molar-refractivity contribution in [2.45, 2.75) is 38.8 Å². The first-order chi connectivity index (χ1) is 8.81. The van der Waals surface area contributed by atoms with Crippen LogP contribution in [0.2, 0.25) is 0 Å². The van der Waals surface area contributed by atoms with Crippen LogP contribution in [0, 0.1) is 0 Å². The number of hydrogen-bond donors (Lipinski definition) is 1. The molecule has 0 spiro atoms. The molecule has 0 saturated carbocycles. The second-order valence-electron chi connectivity index (χ2n) is 4.74. The normalized spacial score (nSPS) is 20.9. The van der Waals surface area contributed by atoms with E-state index in [0.29, 0.717) is 12.7 Å². The van der Waals surface area contributed by atoms with Crippen LogP contribution >= 0.6 is 0 Å². The van der Waals surface area contributed by atoms with Crippen LogP contribution in [-0.4, -0.2) is 25.9 Å². The Kier molecular flexibility index (Phi) is 5.02. The summed E-state index contributed by atoms with van der Waals surface area (Å²) < 4.78 is 11.3. The monoisotopic (exact) mass is 249 g/mol. The van der Waals surface area contributed by atoms with Crippen LogP contribution < -0.4 is 10.1 Å². The second-order valence-corrected chi connectivity index (χ2v) is 4.74. The Morgan fingerprint density at radius 1 is 1.44 bits per heavy atom. The lowest BCUT2D eigenvalue weighted by Gasteiger charge is -2.19. The van der Waals surface area contributed by atoms with Gasteiger partial charge in [0, 0.05) is 24.8 Å². The molecule has 0 unspecified atom stereocenters. The van der Waals surface area contributed by atoms with Crippen LogP contribution in [0.4, 0.5) is 0 Å². The number of para-hydroxylation sites is 1. The third-order valence-electron chi connectivity index (χ3n) is 3.36. The Morgan fingerprint density at radius 3 is 3.00 bits per heavy atom. The van der Waals surface area contributed by atoms with Gasteiger partial charge in [0.2, 0.25) is 0 Å². The molecule has 1 aliphatic rings. The van der Waals surface area contributed by atoms with Crippen molar-refractivity contribution in [3.05, 3.63) is 29.8 Å². The number of rotatable bonds is 6. The molecule has 2 rings (SSSR count). The van der Waals surface area contributed by atoms with Crippen LogP contribution in [0.25, 0.3) is 0 Å². The standard InChI is InChI=1S/C15H23NO2/c1-3-17-15-9-5-4-8-14(15)12(2)16-11-13-7-6-10-18-13/h4-5,8-9,12-13,16H,3,6-7,10-11H2,1-2H3/t12-,13+/m0/s1. The van der Waals surface area contributed by atoms with Gasteiger partial charge in [0.05, 0.1) is 12.7 Å². The summed E-state index contributed by atoms with van der Waals surface area (Å²) in [6.45, 7) is 6.72. The lowest BCUT2D eigenvalue weighted by molar-refractivity contribution is 0.108. The van der Waals surface area contributed by atoms with Crippen LogP contribution in [0.1, 0.15) is 38.3 Å². The molecule has 1 saturated heterocycles. The van der Waals surface area contributed by atoms with E-state index in [1.807, 2.05) is 19.1 Å². The predicted octanol–water partition coefficient (Wildman–Crippen LogP) is 2.91. The molecule has 18 heavy (non-hydrogen) atoms. The van der Waals surface area contributed by atoms with Crippen LogP contribution in [0.15, 0.2) is 24.3 Å². The van der Waals surface area contributed by atoms with Crippen LogP contribution in [-0.2, 0) is 4.74 Å². The molecular weight excluding hydrogens is 226 g/mol. The van der Waals surface area contributed by atoms with Gasteiger partial charge < -0.3 is 14.8 Å². The minimum absolute atomic E-state index is 0.289. The largest absolute Gasteiger partial charge is 0.494 e. The average Bonchev–Trinajstić information content (AvgIpc) is 2.90. The lowest BCUT2D eigenvalue weighted by atomic mass is 10.1. The van der Waals surface area contributed by atoms with E-state index in [-0.39, 0.29) is 6.04 Å². The minimum atomic E-state index is 0.289. The lowest BCUT2D eigenvalue weighted by Crippen LogP contribution is -2.28. The molecule has 1 aliphatic heterocycles. The average molecular weight is 249 g/mol. The number of ether oxygens (including phenoxy) is 2. The van der Waals surface area contributed by atoms with Crippen molar-refractivity contribution < 1.29 is 9.47 Å². The highest BCUT2D eigenvalue weighted by Crippen LogP contribution is 2.25. The molecule has 1 heterocycles. The smallest absolute Gasteiger partial charge is 0.124 e. The van der Waals surface area contributed by atoms with Crippen molar-refractivity contribution in [3.8, 4) is 5.75 Å². The summed E-state index contributed by atoms with van der Waals surface area (Å²) >= 11 is 0. The summed E-state index contributed by atoms with van der Waals surface area (Å²) in [6.07, 6.45) is 2.75. The van der Waals surface area contributed by atoms with E-state index < -0.39 is 0 Å². The van der Waals surface area contributed by atoms with Crippen molar-refractivity contribution in [2.24, 2.45) is 0 Å². The molecule has 1 N–H and O–H groups in total. The van der Waals surface area contributed by atoms with E-state index >= 15 is 0 Å². The maximum atomic E-state index is 5.66. The second kappa shape index (κ2) is 6.76. The third kappa shape index (κ3) is 3.47. The SMILES string of the molecule is CCOc1ccccc1[C@H](C)NC[C@H]1CCCO1. The fraction of sp³-hybridized carbons (Fsp3) is 0.600. The fourth-order valence-corrected chi connectivity index (χ4v) is 2.35. The molecule has 0 bridgehead atoms. The molecule has 100 valence electrons. The number of hydrogen-bond acceptors (Lipinski definition) is 3. The van der Waals surface area contributed by atoms with Crippen molar-refractivity contribution in [3.63, 3.8) is 0 Å². The van der Waals surface area contributed by atoms with Gasteiger partial charge in [0.25, 0.3) is 0 Å². The zero-order valence-electron chi connectivity index (χ0n) is 11.3. The molecular formula is C15H23NO2. The molecule has 0 amide bonds. The summed E-state index contributed by atoms with van der Waals surface area (Å²) in [5, 5.41) is 3.53. The van der Waals surface area contributed by atoms with Crippen LogP contribution in [0.3, 0.4) is 0 Å². The zero-order chi connectivity index (χ0) is 12.8. The van der Waals surface area contributed by atoms with Gasteiger partial charge in [-0.1, -0.05) is 18.2 Å². The van der Waals surface area contributed by atoms with E-state index in [0.717, 1.165) is 18.9 Å². The molecule has 3 nitrogen and oxygen atoms in total. The maximum Gasteiger partial charge on any atom is 0.124 e. The molecule has 3 heteroatoms. The zero-order valence-corrected chi connectivity index (χ0v) is 11.3. The maximum absolute atomic E-state index is 5.66. The van der Waals surface area contributed by atoms with E-state index in [1.54, 1.807) is 0 Å². The van der Waals surface area contributed by atoms with Gasteiger partial charge in [-0.05, 0) is 32.8 Å². The molecule has 1 fully saturated rings. The van der Waals surface area contributed by atoms with Crippen LogP contribution in [0.5, 0.6) is 5.75 Å². The summed E-state index contributed by atoms with van der Waals surface area (Å²) in [5.41, 5.74) is 1.22. The Morgan fingerprint density at radius 2 is 2.28 bits per heavy atom. The van der Waals surface area contributed by atoms with E-state index in [4.69, 9.17) is 9.47 Å². The third-order valence-corrected chi connectivity index (χ3v) is 3.36. The first kappa shape index (κ1) is 13.4. The summed E-state index contributed by atoms with van der Waals surface area (Å²) in [6, 6.07) is 8.52. The van der Waals surface area contributed by atoms with E-state index in [1.165, 1.54) is 18.4 Å². The molecule has 2 atom stereocenters. The van der Waals surface area contributed by atoms with Gasteiger partial charge in [-0.3, -0.25) is 0 Å². The molecule has 0 radical (unpaired) electrons. The molecule has 0 aromatic heterocycles. The highest BCUT2D eigenvalue weighted by Gasteiger charge is 2.17. The Hall–Kier alpha value is -1.06. The number of benzene rings is 1. The highest BCUT2D eigenvalue weighted by atomic mass is 16.5. The highest BCUT2D eigenvalue weighted by molar-refractivity contribution is 5.35. The van der Waals surface area contributed by atoms with Crippen molar-refractivity contribution in [1.29, 1.82) is 0 Å². The molecule has 0 aliphatic carbocycles. The van der Waals surface area contributed by atoms with Gasteiger partial charge in [-0.15, -0.1) is 0 Å². The van der Waals surface area contributed by atoms with Gasteiger partial charge in [-0.25, -0.2) is 0 Å². The van der Waals surface area contributed by atoms with Crippen molar-refractivity contribution in [2.75, 3.05) is 19.8 Å². The summed E-state index contributed by atoms with van der Waals surface area (Å²) in [5.74, 6) is 0.979. The molecule has 1 aromatic carbocycles. The van der Waals surface area contributed by atoms with E-state index in [9.17, 15) is 0 Å². The summed E-state index contributed by atoms with van der Waals surface area (Å²) in [4.78, 5) is 0. The number of nitrogens with one attached hydrogen (secondary N) is 1. The van der Waals surface area contributed by atoms with E-state index in [2.05, 4.69) is 24.4 Å². The van der Waals surface area contributed by atoms with Gasteiger partial charge in [0.1, 0.15) is 5.75 Å². The predicted molar refractivity (Wildman–Crippen MR) is 73.0 cm³/mol.